The Hall–Kier alpha value is -1.59. The van der Waals surface area contributed by atoms with Crippen LogP contribution in [0.3, 0.4) is 0 Å². The maximum atomic E-state index is 9.43. The highest BCUT2D eigenvalue weighted by Crippen LogP contribution is 2.27. The lowest BCUT2D eigenvalue weighted by Crippen LogP contribution is -1.92. The van der Waals surface area contributed by atoms with E-state index in [-0.39, 0.29) is 0 Å². The summed E-state index contributed by atoms with van der Waals surface area (Å²) in [4.78, 5) is 1.29. The summed E-state index contributed by atoms with van der Waals surface area (Å²) in [7, 11) is 0. The molecule has 2 heteroatoms. The van der Waals surface area contributed by atoms with Crippen LogP contribution in [0, 0.1) is 11.3 Å². The average Bonchev–Trinajstić information content (AvgIpc) is 3.33. The number of rotatable bonds is 18. The van der Waals surface area contributed by atoms with Crippen molar-refractivity contribution < 1.29 is 0 Å². The number of hydrogen-bond acceptors (Lipinski definition) is 2. The van der Waals surface area contributed by atoms with Crippen molar-refractivity contribution >= 4 is 11.3 Å². The summed E-state index contributed by atoms with van der Waals surface area (Å²) in [6, 6.07) is 12.9. The number of hydrogen-bond donors (Lipinski definition) is 0. The molecular weight excluding hydrogens is 394 g/mol. The van der Waals surface area contributed by atoms with Gasteiger partial charge in [0.15, 0.2) is 0 Å². The Kier molecular flexibility index (Phi) is 14.1. The summed E-state index contributed by atoms with van der Waals surface area (Å²) in [6.45, 7) is 2.29. The molecule has 0 saturated carbocycles. The van der Waals surface area contributed by atoms with Crippen LogP contribution in [-0.4, -0.2) is 0 Å². The van der Waals surface area contributed by atoms with Crippen LogP contribution in [0.1, 0.15) is 121 Å². The fraction of sp³-hybridized carbons (Fsp3) is 0.621. The van der Waals surface area contributed by atoms with Gasteiger partial charge in [0.1, 0.15) is 0 Å². The van der Waals surface area contributed by atoms with E-state index in [0.717, 1.165) is 12.0 Å². The third-order valence-corrected chi connectivity index (χ3v) is 7.25. The highest BCUT2D eigenvalue weighted by Gasteiger charge is 2.06. The van der Waals surface area contributed by atoms with Crippen LogP contribution in [0.25, 0.3) is 10.4 Å². The molecule has 2 aromatic rings. The minimum Gasteiger partial charge on any atom is -0.192 e. The van der Waals surface area contributed by atoms with E-state index in [1.165, 1.54) is 119 Å². The molecule has 0 bridgehead atoms. The first-order valence-electron chi connectivity index (χ1n) is 12.9. The molecule has 2 rings (SSSR count). The Morgan fingerprint density at radius 1 is 0.710 bits per heavy atom. The fourth-order valence-electron chi connectivity index (χ4n) is 4.37. The maximum absolute atomic E-state index is 9.43. The van der Waals surface area contributed by atoms with Crippen molar-refractivity contribution in [3.63, 3.8) is 0 Å². The molecule has 1 heterocycles. The van der Waals surface area contributed by atoms with Crippen LogP contribution in [-0.2, 0) is 6.42 Å². The molecule has 170 valence electrons. The molecule has 0 aliphatic rings. The Labute approximate surface area is 195 Å². The standard InChI is InChI=1S/C29H43NS/c1-2-3-4-5-6-7-8-9-10-11-12-13-14-15-16-17-19-26-24-27(21-22-28(26)25-30)29-20-18-23-31-29/h18,20-24H,2-17,19H2,1H3. The molecule has 0 fully saturated rings. The van der Waals surface area contributed by atoms with Gasteiger partial charge in [-0.1, -0.05) is 115 Å². The van der Waals surface area contributed by atoms with Crippen LogP contribution in [0.4, 0.5) is 0 Å². The van der Waals surface area contributed by atoms with E-state index in [1.807, 2.05) is 6.07 Å². The Bertz CT molecular complexity index is 726. The van der Waals surface area contributed by atoms with Crippen LogP contribution < -0.4 is 0 Å². The summed E-state index contributed by atoms with van der Waals surface area (Å²) in [5.41, 5.74) is 3.32. The molecule has 31 heavy (non-hydrogen) atoms. The number of thiophene rings is 1. The van der Waals surface area contributed by atoms with Gasteiger partial charge in [-0.3, -0.25) is 0 Å². The molecule has 0 amide bonds. The van der Waals surface area contributed by atoms with Gasteiger partial charge in [-0.15, -0.1) is 11.3 Å². The third kappa shape index (κ3) is 11.0. The predicted octanol–water partition coefficient (Wildman–Crippen LogP) is 10.1. The number of nitriles is 1. The molecule has 0 N–H and O–H groups in total. The molecule has 1 aromatic carbocycles. The lowest BCUT2D eigenvalue weighted by molar-refractivity contribution is 0.529. The molecule has 0 spiro atoms. The van der Waals surface area contributed by atoms with E-state index in [4.69, 9.17) is 0 Å². The van der Waals surface area contributed by atoms with E-state index >= 15 is 0 Å². The van der Waals surface area contributed by atoms with E-state index in [2.05, 4.69) is 42.6 Å². The molecule has 0 saturated heterocycles. The van der Waals surface area contributed by atoms with Gasteiger partial charge in [0.25, 0.3) is 0 Å². The van der Waals surface area contributed by atoms with E-state index < -0.39 is 0 Å². The van der Waals surface area contributed by atoms with Crippen LogP contribution >= 0.6 is 11.3 Å². The fourth-order valence-corrected chi connectivity index (χ4v) is 5.09. The summed E-state index contributed by atoms with van der Waals surface area (Å²) in [5, 5.41) is 11.5. The highest BCUT2D eigenvalue weighted by atomic mass is 32.1. The summed E-state index contributed by atoms with van der Waals surface area (Å²) >= 11 is 1.77. The van der Waals surface area contributed by atoms with Gasteiger partial charge in [-0.25, -0.2) is 0 Å². The van der Waals surface area contributed by atoms with Gasteiger partial charge < -0.3 is 0 Å². The van der Waals surface area contributed by atoms with Crippen LogP contribution in [0.2, 0.25) is 0 Å². The summed E-state index contributed by atoms with van der Waals surface area (Å²) in [6.07, 6.45) is 23.4. The van der Waals surface area contributed by atoms with Gasteiger partial charge in [-0.2, -0.15) is 5.26 Å². The first-order chi connectivity index (χ1) is 15.3. The first kappa shape index (κ1) is 25.7. The Balaban J connectivity index is 1.46. The minimum absolute atomic E-state index is 0.848. The van der Waals surface area contributed by atoms with E-state index in [1.54, 1.807) is 11.3 Å². The lowest BCUT2D eigenvalue weighted by Gasteiger charge is -2.07. The first-order valence-corrected chi connectivity index (χ1v) is 13.8. The van der Waals surface area contributed by atoms with E-state index in [9.17, 15) is 5.26 Å². The molecule has 0 radical (unpaired) electrons. The highest BCUT2D eigenvalue weighted by molar-refractivity contribution is 7.13. The topological polar surface area (TPSA) is 23.8 Å². The van der Waals surface area contributed by atoms with Crippen molar-refractivity contribution in [1.29, 1.82) is 5.26 Å². The zero-order valence-electron chi connectivity index (χ0n) is 19.8. The quantitative estimate of drug-likeness (QED) is 0.213. The van der Waals surface area contributed by atoms with E-state index in [0.29, 0.717) is 0 Å². The summed E-state index contributed by atoms with van der Waals surface area (Å²) in [5.74, 6) is 0. The molecular formula is C29H43NS. The molecule has 0 aliphatic heterocycles. The van der Waals surface area contributed by atoms with Crippen molar-refractivity contribution in [2.45, 2.75) is 116 Å². The SMILES string of the molecule is CCCCCCCCCCCCCCCCCCc1cc(-c2cccs2)ccc1C#N. The van der Waals surface area contributed by atoms with Gasteiger partial charge >= 0.3 is 0 Å². The molecule has 0 unspecified atom stereocenters. The zero-order valence-corrected chi connectivity index (χ0v) is 20.7. The Morgan fingerprint density at radius 2 is 1.26 bits per heavy atom. The molecule has 0 atom stereocenters. The smallest absolute Gasteiger partial charge is 0.0994 e. The number of nitrogens with zero attached hydrogens (tertiary/aromatic N) is 1. The second-order valence-corrected chi connectivity index (χ2v) is 9.96. The monoisotopic (exact) mass is 437 g/mol. The van der Waals surface area contributed by atoms with Gasteiger partial charge in [0, 0.05) is 4.88 Å². The maximum Gasteiger partial charge on any atom is 0.0994 e. The minimum atomic E-state index is 0.848. The van der Waals surface area contributed by atoms with Crippen molar-refractivity contribution in [3.8, 4) is 16.5 Å². The molecule has 0 aliphatic carbocycles. The van der Waals surface area contributed by atoms with Gasteiger partial charge in [0.05, 0.1) is 11.6 Å². The number of aryl methyl sites for hydroxylation is 1. The molecule has 1 aromatic heterocycles. The van der Waals surface area contributed by atoms with Crippen molar-refractivity contribution in [3.05, 3.63) is 46.8 Å². The van der Waals surface area contributed by atoms with Crippen molar-refractivity contribution in [2.75, 3.05) is 0 Å². The van der Waals surface area contributed by atoms with Gasteiger partial charge in [-0.05, 0) is 47.5 Å². The predicted molar refractivity (Wildman–Crippen MR) is 138 cm³/mol. The average molecular weight is 438 g/mol. The summed E-state index contributed by atoms with van der Waals surface area (Å²) < 4.78 is 0. The van der Waals surface area contributed by atoms with Crippen LogP contribution in [0.5, 0.6) is 0 Å². The second kappa shape index (κ2) is 17.0. The zero-order chi connectivity index (χ0) is 22.0. The lowest BCUT2D eigenvalue weighted by atomic mass is 9.98. The Morgan fingerprint density at radius 3 is 1.74 bits per heavy atom. The number of benzene rings is 1. The number of unbranched alkanes of at least 4 members (excludes halogenated alkanes) is 15. The van der Waals surface area contributed by atoms with Crippen molar-refractivity contribution in [1.82, 2.24) is 0 Å². The van der Waals surface area contributed by atoms with Crippen molar-refractivity contribution in [2.24, 2.45) is 0 Å². The second-order valence-electron chi connectivity index (χ2n) is 9.01. The largest absolute Gasteiger partial charge is 0.192 e. The van der Waals surface area contributed by atoms with Gasteiger partial charge in [0.2, 0.25) is 0 Å². The normalized spacial score (nSPS) is 11.0. The third-order valence-electron chi connectivity index (χ3n) is 6.33. The van der Waals surface area contributed by atoms with Crippen LogP contribution in [0.15, 0.2) is 35.7 Å². The molecule has 1 nitrogen and oxygen atoms in total.